The van der Waals surface area contributed by atoms with E-state index >= 15 is 0 Å². The number of carbonyl (C=O) groups is 2. The number of hydrogen-bond acceptors (Lipinski definition) is 4. The Morgan fingerprint density at radius 1 is 1.11 bits per heavy atom. The maximum absolute atomic E-state index is 13.4. The normalized spacial score (nSPS) is 17.2. The number of rotatable bonds is 4. The molecule has 1 aromatic carbocycles. The molecule has 1 aliphatic heterocycles. The third kappa shape index (κ3) is 3.74. The number of para-hydroxylation sites is 1. The van der Waals surface area contributed by atoms with E-state index in [1.165, 1.54) is 0 Å². The zero-order valence-corrected chi connectivity index (χ0v) is 16.7. The van der Waals surface area contributed by atoms with E-state index in [1.807, 2.05) is 43.0 Å². The van der Waals surface area contributed by atoms with Crippen molar-refractivity contribution in [3.63, 3.8) is 0 Å². The van der Waals surface area contributed by atoms with E-state index in [0.717, 1.165) is 60.1 Å². The largest absolute Gasteiger partial charge is 0.353 e. The molecule has 1 aliphatic carbocycles. The van der Waals surface area contributed by atoms with E-state index in [9.17, 15) is 9.59 Å². The molecule has 2 amide bonds. The smallest absolute Gasteiger partial charge is 0.254 e. The summed E-state index contributed by atoms with van der Waals surface area (Å²) >= 11 is 0. The van der Waals surface area contributed by atoms with Gasteiger partial charge < -0.3 is 10.2 Å². The number of aromatic nitrogens is 1. The molecule has 1 N–H and O–H groups in total. The molecule has 0 bridgehead atoms. The summed E-state index contributed by atoms with van der Waals surface area (Å²) in [6.07, 6.45) is 2.96. The first-order valence-electron chi connectivity index (χ1n) is 10.2. The Kier molecular flexibility index (Phi) is 5.31. The van der Waals surface area contributed by atoms with Crippen LogP contribution in [-0.4, -0.2) is 65.4 Å². The van der Waals surface area contributed by atoms with Crippen molar-refractivity contribution in [1.82, 2.24) is 20.1 Å². The number of nitrogens with zero attached hydrogens (tertiary/aromatic N) is 3. The Hall–Kier alpha value is -2.47. The lowest BCUT2D eigenvalue weighted by Crippen LogP contribution is -2.51. The summed E-state index contributed by atoms with van der Waals surface area (Å²) in [5.74, 6) is 0.163. The topological polar surface area (TPSA) is 65.5 Å². The number of aryl methyl sites for hydroxylation is 1. The van der Waals surface area contributed by atoms with Crippen LogP contribution in [0.15, 0.2) is 24.3 Å². The average Bonchev–Trinajstić information content (AvgIpc) is 3.13. The number of amides is 2. The quantitative estimate of drug-likeness (QED) is 0.881. The minimum Gasteiger partial charge on any atom is -0.353 e. The van der Waals surface area contributed by atoms with Crippen molar-refractivity contribution in [1.29, 1.82) is 0 Å². The van der Waals surface area contributed by atoms with Crippen LogP contribution in [0.5, 0.6) is 0 Å². The predicted octanol–water partition coefficient (Wildman–Crippen LogP) is 2.01. The highest BCUT2D eigenvalue weighted by Crippen LogP contribution is 2.31. The van der Waals surface area contributed by atoms with E-state index in [4.69, 9.17) is 4.98 Å². The molecule has 2 aliphatic rings. The molecule has 2 aromatic rings. The summed E-state index contributed by atoms with van der Waals surface area (Å²) in [6, 6.07) is 8.12. The van der Waals surface area contributed by atoms with E-state index < -0.39 is 0 Å². The van der Waals surface area contributed by atoms with Gasteiger partial charge in [-0.2, -0.15) is 0 Å². The molecule has 2 heterocycles. The molecule has 0 radical (unpaired) electrons. The van der Waals surface area contributed by atoms with Crippen LogP contribution in [0.25, 0.3) is 10.9 Å². The van der Waals surface area contributed by atoms with Crippen molar-refractivity contribution in [2.45, 2.75) is 39.2 Å². The monoisotopic (exact) mass is 380 g/mol. The Bertz CT molecular complexity index is 901. The van der Waals surface area contributed by atoms with Crippen LogP contribution in [0.4, 0.5) is 0 Å². The minimum atomic E-state index is 0.0488. The molecule has 1 fully saturated rings. The summed E-state index contributed by atoms with van der Waals surface area (Å²) in [4.78, 5) is 34.3. The van der Waals surface area contributed by atoms with Gasteiger partial charge in [-0.3, -0.25) is 19.5 Å². The van der Waals surface area contributed by atoms with Crippen LogP contribution in [0.3, 0.4) is 0 Å². The number of hydrogen-bond donors (Lipinski definition) is 1. The molecule has 28 heavy (non-hydrogen) atoms. The first-order chi connectivity index (χ1) is 13.5. The van der Waals surface area contributed by atoms with Gasteiger partial charge >= 0.3 is 0 Å². The summed E-state index contributed by atoms with van der Waals surface area (Å²) < 4.78 is 0. The SMILES string of the molecule is CC(C)NC(=O)CN1CCN(C(=O)c2c3c(nc4ccccc24)CCC3)CC1. The molecule has 0 unspecified atom stereocenters. The summed E-state index contributed by atoms with van der Waals surface area (Å²) in [7, 11) is 0. The van der Waals surface area contributed by atoms with E-state index in [0.29, 0.717) is 19.6 Å². The number of piperazine rings is 1. The van der Waals surface area contributed by atoms with Gasteiger partial charge in [-0.05, 0) is 44.7 Å². The molecule has 0 atom stereocenters. The van der Waals surface area contributed by atoms with Crippen molar-refractivity contribution >= 4 is 22.7 Å². The molecule has 6 nitrogen and oxygen atoms in total. The lowest BCUT2D eigenvalue weighted by atomic mass is 9.99. The Balaban J connectivity index is 1.50. The maximum atomic E-state index is 13.4. The van der Waals surface area contributed by atoms with Crippen molar-refractivity contribution < 1.29 is 9.59 Å². The van der Waals surface area contributed by atoms with Gasteiger partial charge in [0.25, 0.3) is 5.91 Å². The molecule has 0 spiro atoms. The molecule has 1 saturated heterocycles. The second kappa shape index (κ2) is 7.87. The van der Waals surface area contributed by atoms with Crippen molar-refractivity contribution in [3.8, 4) is 0 Å². The Labute approximate surface area is 165 Å². The molecule has 6 heteroatoms. The average molecular weight is 380 g/mol. The van der Waals surface area contributed by atoms with Crippen molar-refractivity contribution in [3.05, 3.63) is 41.1 Å². The second-order valence-corrected chi connectivity index (χ2v) is 8.07. The summed E-state index contributed by atoms with van der Waals surface area (Å²) in [5, 5.41) is 3.89. The zero-order chi connectivity index (χ0) is 19.7. The first-order valence-corrected chi connectivity index (χ1v) is 10.2. The van der Waals surface area contributed by atoms with Crippen LogP contribution in [0.1, 0.15) is 41.9 Å². The standard InChI is InChI=1S/C22H28N4O2/c1-15(2)23-20(27)14-25-10-12-26(13-11-25)22(28)21-16-6-3-4-8-18(16)24-19-9-5-7-17(19)21/h3-4,6,8,15H,5,7,9-14H2,1-2H3,(H,23,27). The summed E-state index contributed by atoms with van der Waals surface area (Å²) in [6.45, 7) is 7.08. The van der Waals surface area contributed by atoms with Crippen LogP contribution in [0.2, 0.25) is 0 Å². The molecule has 1 aromatic heterocycles. The Morgan fingerprint density at radius 3 is 2.61 bits per heavy atom. The summed E-state index contributed by atoms with van der Waals surface area (Å²) in [5.41, 5.74) is 3.99. The third-order valence-electron chi connectivity index (χ3n) is 5.61. The second-order valence-electron chi connectivity index (χ2n) is 8.07. The van der Waals surface area contributed by atoms with E-state index in [-0.39, 0.29) is 17.9 Å². The van der Waals surface area contributed by atoms with Gasteiger partial charge in [0.05, 0.1) is 17.6 Å². The van der Waals surface area contributed by atoms with Crippen LogP contribution in [0, 0.1) is 0 Å². The van der Waals surface area contributed by atoms with Gasteiger partial charge in [0.15, 0.2) is 0 Å². The number of pyridine rings is 1. The number of nitrogens with one attached hydrogen (secondary N) is 1. The van der Waals surface area contributed by atoms with Crippen molar-refractivity contribution in [2.75, 3.05) is 32.7 Å². The molecular formula is C22H28N4O2. The van der Waals surface area contributed by atoms with Crippen LogP contribution >= 0.6 is 0 Å². The lowest BCUT2D eigenvalue weighted by molar-refractivity contribution is -0.123. The van der Waals surface area contributed by atoms with Gasteiger partial charge in [0.2, 0.25) is 5.91 Å². The van der Waals surface area contributed by atoms with Crippen LogP contribution in [-0.2, 0) is 17.6 Å². The van der Waals surface area contributed by atoms with Gasteiger partial charge in [0.1, 0.15) is 0 Å². The number of fused-ring (bicyclic) bond motifs is 2. The molecule has 0 saturated carbocycles. The molecule has 148 valence electrons. The van der Waals surface area contributed by atoms with Crippen LogP contribution < -0.4 is 5.32 Å². The van der Waals surface area contributed by atoms with E-state index in [1.54, 1.807) is 0 Å². The number of carbonyl (C=O) groups excluding carboxylic acids is 2. The highest BCUT2D eigenvalue weighted by atomic mass is 16.2. The zero-order valence-electron chi connectivity index (χ0n) is 16.7. The predicted molar refractivity (Wildman–Crippen MR) is 109 cm³/mol. The van der Waals surface area contributed by atoms with Crippen molar-refractivity contribution in [2.24, 2.45) is 0 Å². The maximum Gasteiger partial charge on any atom is 0.254 e. The number of benzene rings is 1. The molecular weight excluding hydrogens is 352 g/mol. The highest BCUT2D eigenvalue weighted by Gasteiger charge is 2.29. The van der Waals surface area contributed by atoms with Gasteiger partial charge in [-0.1, -0.05) is 18.2 Å². The highest BCUT2D eigenvalue weighted by molar-refractivity contribution is 6.07. The minimum absolute atomic E-state index is 0.0488. The third-order valence-corrected chi connectivity index (χ3v) is 5.61. The fraction of sp³-hybridized carbons (Fsp3) is 0.500. The fourth-order valence-corrected chi connectivity index (χ4v) is 4.29. The Morgan fingerprint density at radius 2 is 1.86 bits per heavy atom. The first kappa shape index (κ1) is 18.9. The fourth-order valence-electron chi connectivity index (χ4n) is 4.29. The van der Waals surface area contributed by atoms with E-state index in [2.05, 4.69) is 10.2 Å². The molecule has 4 rings (SSSR count). The van der Waals surface area contributed by atoms with Gasteiger partial charge in [0, 0.05) is 43.3 Å². The lowest BCUT2D eigenvalue weighted by Gasteiger charge is -2.35. The van der Waals surface area contributed by atoms with Gasteiger partial charge in [-0.25, -0.2) is 0 Å². The van der Waals surface area contributed by atoms with Gasteiger partial charge in [-0.15, -0.1) is 0 Å².